The van der Waals surface area contributed by atoms with E-state index in [2.05, 4.69) is 48.0 Å². The molecule has 0 radical (unpaired) electrons. The third kappa shape index (κ3) is 4.34. The maximum absolute atomic E-state index is 9.65. The fraction of sp³-hybridized carbons (Fsp3) is 0.0909. The summed E-state index contributed by atoms with van der Waals surface area (Å²) < 4.78 is 0. The average Bonchev–Trinajstić information content (AvgIpc) is 2.76. The van der Waals surface area contributed by atoms with E-state index in [9.17, 15) is 5.11 Å². The highest BCUT2D eigenvalue weighted by molar-refractivity contribution is 6.32. The molecular weight excluding hydrogens is 414 g/mol. The first-order valence-electron chi connectivity index (χ1n) is 9.70. The Kier molecular flexibility index (Phi) is 4.97. The highest BCUT2D eigenvalue weighted by Crippen LogP contribution is 2.30. The number of fused-ring (bicyclic) bond motifs is 6. The van der Waals surface area contributed by atoms with Gasteiger partial charge in [0, 0.05) is 29.3 Å². The lowest BCUT2D eigenvalue weighted by molar-refractivity contribution is 0.453. The van der Waals surface area contributed by atoms with Crippen LogP contribution in [-0.4, -0.2) is 25.0 Å². The fourth-order valence-corrected chi connectivity index (χ4v) is 3.53. The number of halogens is 1. The van der Waals surface area contributed by atoms with Crippen molar-refractivity contribution in [3.8, 4) is 5.88 Å². The first-order valence-corrected chi connectivity index (χ1v) is 10.1. The van der Waals surface area contributed by atoms with E-state index < -0.39 is 0 Å². The van der Waals surface area contributed by atoms with Crippen LogP contribution in [0.2, 0.25) is 5.02 Å². The maximum atomic E-state index is 9.65. The molecule has 0 atom stereocenters. The summed E-state index contributed by atoms with van der Waals surface area (Å²) in [4.78, 5) is 17.0. The van der Waals surface area contributed by atoms with Crippen molar-refractivity contribution < 1.29 is 5.11 Å². The van der Waals surface area contributed by atoms with E-state index in [0.29, 0.717) is 22.7 Å². The van der Waals surface area contributed by atoms with Gasteiger partial charge in [0.05, 0.1) is 6.20 Å². The van der Waals surface area contributed by atoms with Gasteiger partial charge in [-0.05, 0) is 54.3 Å². The number of rotatable bonds is 2. The van der Waals surface area contributed by atoms with E-state index in [1.54, 1.807) is 6.20 Å². The Bertz CT molecular complexity index is 1260. The molecule has 2 aromatic carbocycles. The second-order valence-corrected chi connectivity index (χ2v) is 7.48. The third-order valence-corrected chi connectivity index (χ3v) is 5.14. The molecule has 0 aliphatic carbocycles. The third-order valence-electron chi connectivity index (χ3n) is 4.87. The number of hydrogen-bond acceptors (Lipinski definition) is 8. The number of aryl methyl sites for hydroxylation is 2. The van der Waals surface area contributed by atoms with Gasteiger partial charge in [0.1, 0.15) is 5.02 Å². The molecule has 9 heteroatoms. The number of anilines is 6. The molecule has 154 valence electrons. The van der Waals surface area contributed by atoms with Crippen LogP contribution >= 0.6 is 11.6 Å². The van der Waals surface area contributed by atoms with Crippen molar-refractivity contribution in [2.45, 2.75) is 12.8 Å². The molecule has 8 nitrogen and oxygen atoms in total. The summed E-state index contributed by atoms with van der Waals surface area (Å²) >= 11 is 6.32. The van der Waals surface area contributed by atoms with Gasteiger partial charge in [0.25, 0.3) is 0 Å². The minimum absolute atomic E-state index is 0.0887. The lowest BCUT2D eigenvalue weighted by Crippen LogP contribution is -2.03. The van der Waals surface area contributed by atoms with Gasteiger partial charge in [0.15, 0.2) is 5.82 Å². The molecule has 2 aromatic heterocycles. The zero-order valence-electron chi connectivity index (χ0n) is 16.3. The SMILES string of the molecule is Oc1ccnc(Nc2ccc3cc2CCc2cccc(c2)Nc2ncc(Cl)c(n2)N3)n1. The van der Waals surface area contributed by atoms with Gasteiger partial charge >= 0.3 is 0 Å². The minimum Gasteiger partial charge on any atom is -0.493 e. The molecule has 0 unspecified atom stereocenters. The van der Waals surface area contributed by atoms with Gasteiger partial charge in [-0.25, -0.2) is 9.97 Å². The smallest absolute Gasteiger partial charge is 0.230 e. The number of nitrogens with one attached hydrogen (secondary N) is 3. The summed E-state index contributed by atoms with van der Waals surface area (Å²) in [5.74, 6) is 1.21. The number of aromatic nitrogens is 4. The Morgan fingerprint density at radius 3 is 2.74 bits per heavy atom. The summed E-state index contributed by atoms with van der Waals surface area (Å²) in [5, 5.41) is 19.8. The summed E-state index contributed by atoms with van der Waals surface area (Å²) in [6.45, 7) is 0. The summed E-state index contributed by atoms with van der Waals surface area (Å²) in [6.07, 6.45) is 4.67. The van der Waals surface area contributed by atoms with Crippen molar-refractivity contribution >= 4 is 46.4 Å². The van der Waals surface area contributed by atoms with E-state index in [-0.39, 0.29) is 5.88 Å². The van der Waals surface area contributed by atoms with Crippen LogP contribution in [0.3, 0.4) is 0 Å². The van der Waals surface area contributed by atoms with Gasteiger partial charge in [0.2, 0.25) is 17.8 Å². The Balaban J connectivity index is 1.56. The highest BCUT2D eigenvalue weighted by atomic mass is 35.5. The van der Waals surface area contributed by atoms with Gasteiger partial charge in [-0.1, -0.05) is 23.7 Å². The molecule has 31 heavy (non-hydrogen) atoms. The van der Waals surface area contributed by atoms with Crippen LogP contribution < -0.4 is 16.0 Å². The number of nitrogens with zero attached hydrogens (tertiary/aromatic N) is 4. The number of benzene rings is 2. The van der Waals surface area contributed by atoms with Crippen molar-refractivity contribution in [2.75, 3.05) is 16.0 Å². The highest BCUT2D eigenvalue weighted by Gasteiger charge is 2.12. The Hall–Kier alpha value is -3.91. The standard InChI is InChI=1S/C22H18ClN7O/c23-17-12-25-22-27-15-3-1-2-13(10-15)4-5-14-11-16(26-20(17)30-22)6-7-18(14)28-21-24-9-8-19(31)29-21/h1-3,6-12H,4-5H2,(H2,24,28,29,31)(H2,25,26,27,30). The van der Waals surface area contributed by atoms with Crippen LogP contribution in [0.4, 0.5) is 34.8 Å². The second-order valence-electron chi connectivity index (χ2n) is 7.08. The summed E-state index contributed by atoms with van der Waals surface area (Å²) in [5.41, 5.74) is 4.84. The molecule has 6 bridgehead atoms. The van der Waals surface area contributed by atoms with Crippen LogP contribution in [0.15, 0.2) is 60.9 Å². The van der Waals surface area contributed by atoms with Gasteiger partial charge in [-0.2, -0.15) is 9.97 Å². The van der Waals surface area contributed by atoms with Crippen molar-refractivity contribution in [2.24, 2.45) is 0 Å². The Morgan fingerprint density at radius 2 is 1.84 bits per heavy atom. The fourth-order valence-electron chi connectivity index (χ4n) is 3.39. The second kappa shape index (κ2) is 8.08. The lowest BCUT2D eigenvalue weighted by atomic mass is 10.0. The maximum Gasteiger partial charge on any atom is 0.230 e. The molecular formula is C22H18ClN7O. The van der Waals surface area contributed by atoms with Crippen molar-refractivity contribution in [3.63, 3.8) is 0 Å². The van der Waals surface area contributed by atoms with E-state index >= 15 is 0 Å². The van der Waals surface area contributed by atoms with Crippen molar-refractivity contribution in [1.29, 1.82) is 0 Å². The molecule has 3 heterocycles. The lowest BCUT2D eigenvalue weighted by Gasteiger charge is -2.14. The van der Waals surface area contributed by atoms with Crippen LogP contribution in [0.25, 0.3) is 0 Å². The van der Waals surface area contributed by atoms with Crippen LogP contribution in [0, 0.1) is 0 Å². The van der Waals surface area contributed by atoms with Crippen LogP contribution in [0.1, 0.15) is 11.1 Å². The molecule has 1 aliphatic rings. The predicted molar refractivity (Wildman–Crippen MR) is 121 cm³/mol. The number of hydrogen-bond donors (Lipinski definition) is 4. The normalized spacial score (nSPS) is 12.4. The first kappa shape index (κ1) is 19.1. The largest absolute Gasteiger partial charge is 0.493 e. The molecule has 5 rings (SSSR count). The first-order chi connectivity index (χ1) is 15.1. The van der Waals surface area contributed by atoms with E-state index in [4.69, 9.17) is 11.6 Å². The van der Waals surface area contributed by atoms with Gasteiger partial charge in [-0.3, -0.25) is 0 Å². The van der Waals surface area contributed by atoms with Crippen LogP contribution in [0.5, 0.6) is 5.88 Å². The van der Waals surface area contributed by atoms with E-state index in [1.807, 2.05) is 30.3 Å². The van der Waals surface area contributed by atoms with Gasteiger partial charge in [-0.15, -0.1) is 0 Å². The quantitative estimate of drug-likeness (QED) is 0.353. The summed E-state index contributed by atoms with van der Waals surface area (Å²) in [6, 6.07) is 15.5. The molecule has 0 fully saturated rings. The summed E-state index contributed by atoms with van der Waals surface area (Å²) in [7, 11) is 0. The molecule has 0 saturated carbocycles. The predicted octanol–water partition coefficient (Wildman–Crippen LogP) is 4.96. The van der Waals surface area contributed by atoms with E-state index in [0.717, 1.165) is 35.5 Å². The molecule has 0 amide bonds. The van der Waals surface area contributed by atoms with Gasteiger partial charge < -0.3 is 21.1 Å². The molecule has 4 aromatic rings. The van der Waals surface area contributed by atoms with Crippen molar-refractivity contribution in [3.05, 3.63) is 77.1 Å². The zero-order chi connectivity index (χ0) is 21.2. The topological polar surface area (TPSA) is 108 Å². The average molecular weight is 432 g/mol. The Morgan fingerprint density at radius 1 is 0.935 bits per heavy atom. The Labute approximate surface area is 183 Å². The molecule has 0 saturated heterocycles. The molecule has 1 aliphatic heterocycles. The number of aromatic hydroxyl groups is 1. The zero-order valence-corrected chi connectivity index (χ0v) is 17.1. The van der Waals surface area contributed by atoms with Crippen molar-refractivity contribution in [1.82, 2.24) is 19.9 Å². The monoisotopic (exact) mass is 431 g/mol. The minimum atomic E-state index is -0.0887. The van der Waals surface area contributed by atoms with E-state index in [1.165, 1.54) is 17.8 Å². The van der Waals surface area contributed by atoms with Crippen LogP contribution in [-0.2, 0) is 12.8 Å². The molecule has 0 spiro atoms. The molecule has 4 N–H and O–H groups in total.